The molecule has 0 aliphatic carbocycles. The Morgan fingerprint density at radius 3 is 3.00 bits per heavy atom. The molecule has 1 rings (SSSR count). The predicted octanol–water partition coefficient (Wildman–Crippen LogP) is 1.78. The number of anilines is 1. The molecular formula is C9H12BrN3OS. The maximum Gasteiger partial charge on any atom is 0.172 e. The lowest BCUT2D eigenvalue weighted by molar-refractivity contribution is 0.204. The third kappa shape index (κ3) is 5.06. The molecule has 2 N–H and O–H groups in total. The zero-order valence-corrected chi connectivity index (χ0v) is 10.7. The summed E-state index contributed by atoms with van der Waals surface area (Å²) in [5, 5.41) is 6.49. The molecule has 82 valence electrons. The molecule has 15 heavy (non-hydrogen) atoms. The Bertz CT molecular complexity index is 318. The van der Waals surface area contributed by atoms with Crippen LogP contribution in [0, 0.1) is 0 Å². The van der Waals surface area contributed by atoms with Crippen molar-refractivity contribution in [3.63, 3.8) is 0 Å². The number of hydrogen-bond donors (Lipinski definition) is 2. The molecule has 0 amide bonds. The molecule has 0 radical (unpaired) electrons. The number of halogens is 1. The molecular weight excluding hydrogens is 278 g/mol. The first-order valence-corrected chi connectivity index (χ1v) is 5.58. The quantitative estimate of drug-likeness (QED) is 0.654. The fourth-order valence-electron chi connectivity index (χ4n) is 0.877. The monoisotopic (exact) mass is 289 g/mol. The average Bonchev–Trinajstić information content (AvgIpc) is 2.22. The van der Waals surface area contributed by atoms with Crippen LogP contribution < -0.4 is 10.6 Å². The Balaban J connectivity index is 2.34. The number of nitrogens with one attached hydrogen (secondary N) is 2. The van der Waals surface area contributed by atoms with Crippen molar-refractivity contribution >= 4 is 39.1 Å². The van der Waals surface area contributed by atoms with Crippen molar-refractivity contribution in [3.05, 3.63) is 22.8 Å². The van der Waals surface area contributed by atoms with Gasteiger partial charge in [0.05, 0.1) is 6.61 Å². The van der Waals surface area contributed by atoms with Crippen molar-refractivity contribution in [1.82, 2.24) is 10.3 Å². The van der Waals surface area contributed by atoms with Crippen LogP contribution in [-0.4, -0.2) is 30.4 Å². The first-order chi connectivity index (χ1) is 7.22. The van der Waals surface area contributed by atoms with Crippen LogP contribution >= 0.6 is 28.1 Å². The van der Waals surface area contributed by atoms with E-state index in [1.54, 1.807) is 13.3 Å². The fourth-order valence-corrected chi connectivity index (χ4v) is 1.32. The minimum absolute atomic E-state index is 0.543. The van der Waals surface area contributed by atoms with Crippen LogP contribution in [0.1, 0.15) is 0 Å². The van der Waals surface area contributed by atoms with Gasteiger partial charge in [0, 0.05) is 24.3 Å². The first kappa shape index (κ1) is 12.4. The molecule has 0 saturated carbocycles. The van der Waals surface area contributed by atoms with E-state index in [1.165, 1.54) is 0 Å². The van der Waals surface area contributed by atoms with Crippen LogP contribution in [0.25, 0.3) is 0 Å². The lowest BCUT2D eigenvalue weighted by Gasteiger charge is -2.08. The normalized spacial score (nSPS) is 9.73. The van der Waals surface area contributed by atoms with Gasteiger partial charge in [0.15, 0.2) is 5.11 Å². The Morgan fingerprint density at radius 1 is 1.60 bits per heavy atom. The van der Waals surface area contributed by atoms with Crippen LogP contribution in [0.15, 0.2) is 22.8 Å². The highest BCUT2D eigenvalue weighted by Crippen LogP contribution is 2.09. The van der Waals surface area contributed by atoms with Gasteiger partial charge in [-0.25, -0.2) is 4.98 Å². The molecule has 1 aromatic rings. The standard InChI is InChI=1S/C9H12BrN3OS/c1-14-5-4-11-9(15)13-8-3-2-7(10)6-12-8/h2-3,6H,4-5H2,1H3,(H2,11,12,13,15). The summed E-state index contributed by atoms with van der Waals surface area (Å²) >= 11 is 8.36. The van der Waals surface area contributed by atoms with Crippen LogP contribution in [0.2, 0.25) is 0 Å². The molecule has 0 unspecified atom stereocenters. The van der Waals surface area contributed by atoms with Gasteiger partial charge < -0.3 is 15.4 Å². The zero-order chi connectivity index (χ0) is 11.1. The number of rotatable bonds is 4. The molecule has 0 fully saturated rings. The minimum Gasteiger partial charge on any atom is -0.383 e. The molecule has 0 aliphatic rings. The van der Waals surface area contributed by atoms with Crippen LogP contribution in [0.4, 0.5) is 5.82 Å². The van der Waals surface area contributed by atoms with Crippen molar-refractivity contribution < 1.29 is 4.74 Å². The second-order valence-corrected chi connectivity index (χ2v) is 4.06. The SMILES string of the molecule is COCCNC(=S)Nc1ccc(Br)cn1. The van der Waals surface area contributed by atoms with Gasteiger partial charge in [-0.05, 0) is 40.3 Å². The van der Waals surface area contributed by atoms with E-state index in [4.69, 9.17) is 17.0 Å². The molecule has 1 aromatic heterocycles. The second kappa shape index (κ2) is 6.71. The topological polar surface area (TPSA) is 46.2 Å². The molecule has 0 saturated heterocycles. The van der Waals surface area contributed by atoms with Gasteiger partial charge in [0.2, 0.25) is 0 Å². The van der Waals surface area contributed by atoms with Gasteiger partial charge in [0.1, 0.15) is 5.82 Å². The second-order valence-electron chi connectivity index (χ2n) is 2.74. The molecule has 0 aromatic carbocycles. The summed E-state index contributed by atoms with van der Waals surface area (Å²) in [4.78, 5) is 4.13. The highest BCUT2D eigenvalue weighted by molar-refractivity contribution is 9.10. The summed E-state index contributed by atoms with van der Waals surface area (Å²) in [6.45, 7) is 1.30. The molecule has 0 aliphatic heterocycles. The first-order valence-electron chi connectivity index (χ1n) is 4.37. The lowest BCUT2D eigenvalue weighted by Crippen LogP contribution is -2.31. The molecule has 0 spiro atoms. The lowest BCUT2D eigenvalue weighted by atomic mass is 10.5. The Kier molecular flexibility index (Phi) is 5.52. The Hall–Kier alpha value is -0.720. The van der Waals surface area contributed by atoms with Gasteiger partial charge in [-0.1, -0.05) is 0 Å². The smallest absolute Gasteiger partial charge is 0.172 e. The van der Waals surface area contributed by atoms with Crippen molar-refractivity contribution in [1.29, 1.82) is 0 Å². The molecule has 0 atom stereocenters. The molecule has 4 nitrogen and oxygen atoms in total. The van der Waals surface area contributed by atoms with Gasteiger partial charge in [0.25, 0.3) is 0 Å². The summed E-state index contributed by atoms with van der Waals surface area (Å²) < 4.78 is 5.82. The van der Waals surface area contributed by atoms with E-state index in [2.05, 4.69) is 31.5 Å². The van der Waals surface area contributed by atoms with E-state index in [0.29, 0.717) is 24.1 Å². The summed E-state index contributed by atoms with van der Waals surface area (Å²) in [6, 6.07) is 3.74. The van der Waals surface area contributed by atoms with E-state index >= 15 is 0 Å². The third-order valence-corrected chi connectivity index (χ3v) is 2.28. The molecule has 6 heteroatoms. The Morgan fingerprint density at radius 2 is 2.40 bits per heavy atom. The fraction of sp³-hybridized carbons (Fsp3) is 0.333. The molecule has 0 bridgehead atoms. The third-order valence-electron chi connectivity index (χ3n) is 1.56. The summed E-state index contributed by atoms with van der Waals surface area (Å²) in [5.74, 6) is 0.716. The van der Waals surface area contributed by atoms with E-state index in [9.17, 15) is 0 Å². The van der Waals surface area contributed by atoms with Gasteiger partial charge >= 0.3 is 0 Å². The van der Waals surface area contributed by atoms with Gasteiger partial charge in [-0.3, -0.25) is 0 Å². The minimum atomic E-state index is 0.543. The van der Waals surface area contributed by atoms with Crippen molar-refractivity contribution in [2.45, 2.75) is 0 Å². The van der Waals surface area contributed by atoms with E-state index in [0.717, 1.165) is 4.47 Å². The van der Waals surface area contributed by atoms with Crippen LogP contribution in [0.3, 0.4) is 0 Å². The number of aromatic nitrogens is 1. The average molecular weight is 290 g/mol. The number of pyridine rings is 1. The summed E-state index contributed by atoms with van der Waals surface area (Å²) in [6.07, 6.45) is 1.71. The van der Waals surface area contributed by atoms with Crippen molar-refractivity contribution in [2.24, 2.45) is 0 Å². The van der Waals surface area contributed by atoms with Crippen molar-refractivity contribution in [2.75, 3.05) is 25.6 Å². The van der Waals surface area contributed by atoms with E-state index in [-0.39, 0.29) is 0 Å². The highest BCUT2D eigenvalue weighted by atomic mass is 79.9. The number of ether oxygens (including phenoxy) is 1. The van der Waals surface area contributed by atoms with E-state index in [1.807, 2.05) is 12.1 Å². The van der Waals surface area contributed by atoms with Gasteiger partial charge in [-0.2, -0.15) is 0 Å². The number of thiocarbonyl (C=S) groups is 1. The van der Waals surface area contributed by atoms with Gasteiger partial charge in [-0.15, -0.1) is 0 Å². The number of methoxy groups -OCH3 is 1. The summed E-state index contributed by atoms with van der Waals surface area (Å²) in [5.41, 5.74) is 0. The maximum atomic E-state index is 5.05. The highest BCUT2D eigenvalue weighted by Gasteiger charge is 1.97. The maximum absolute atomic E-state index is 5.05. The molecule has 1 heterocycles. The largest absolute Gasteiger partial charge is 0.383 e. The predicted molar refractivity (Wildman–Crippen MR) is 68.0 cm³/mol. The number of nitrogens with zero attached hydrogens (tertiary/aromatic N) is 1. The van der Waals surface area contributed by atoms with Crippen molar-refractivity contribution in [3.8, 4) is 0 Å². The summed E-state index contributed by atoms with van der Waals surface area (Å²) in [7, 11) is 1.65. The Labute approximate surface area is 103 Å². The van der Waals surface area contributed by atoms with Crippen LogP contribution in [-0.2, 0) is 4.74 Å². The number of hydrogen-bond acceptors (Lipinski definition) is 3. The zero-order valence-electron chi connectivity index (χ0n) is 8.29. The van der Waals surface area contributed by atoms with Crippen LogP contribution in [0.5, 0.6) is 0 Å². The van der Waals surface area contributed by atoms with E-state index < -0.39 is 0 Å².